The van der Waals surface area contributed by atoms with Gasteiger partial charge in [-0.1, -0.05) is 29.3 Å². The molecule has 0 bridgehead atoms. The molecule has 114 valence electrons. The quantitative estimate of drug-likeness (QED) is 0.751. The molecule has 2 rings (SSSR count). The third-order valence-electron chi connectivity index (χ3n) is 2.93. The van der Waals surface area contributed by atoms with Gasteiger partial charge in [0.25, 0.3) is 0 Å². The molecule has 0 fully saturated rings. The smallest absolute Gasteiger partial charge is 0.137 e. The van der Waals surface area contributed by atoms with Crippen LogP contribution in [0.25, 0.3) is 0 Å². The van der Waals surface area contributed by atoms with Crippen molar-refractivity contribution < 1.29 is 5.11 Å². The first-order chi connectivity index (χ1) is 10.0. The number of nitrogens with zero attached hydrogens (tertiary/aromatic N) is 3. The zero-order valence-corrected chi connectivity index (χ0v) is 13.6. The van der Waals surface area contributed by atoms with E-state index < -0.39 is 5.60 Å². The van der Waals surface area contributed by atoms with E-state index in [0.717, 1.165) is 5.75 Å². The third-order valence-corrected chi connectivity index (χ3v) is 4.68. The predicted molar refractivity (Wildman–Crippen MR) is 86.8 cm³/mol. The lowest BCUT2D eigenvalue weighted by Crippen LogP contribution is -2.35. The van der Waals surface area contributed by atoms with Gasteiger partial charge in [-0.3, -0.25) is 0 Å². The van der Waals surface area contributed by atoms with Crippen LogP contribution in [0.15, 0.2) is 30.9 Å². The van der Waals surface area contributed by atoms with Gasteiger partial charge < -0.3 is 10.8 Å². The number of thioether (sulfide) groups is 1. The lowest BCUT2D eigenvalue weighted by Gasteiger charge is -2.29. The molecule has 0 radical (unpaired) electrons. The SMILES string of the molecule is NCCSCC(O)(Cn1cncn1)c1ccc(Cl)cc1Cl. The molecule has 3 N–H and O–H groups in total. The van der Waals surface area contributed by atoms with Crippen LogP contribution in [0.1, 0.15) is 5.56 Å². The van der Waals surface area contributed by atoms with Crippen molar-refractivity contribution in [3.8, 4) is 0 Å². The van der Waals surface area contributed by atoms with E-state index in [9.17, 15) is 5.11 Å². The van der Waals surface area contributed by atoms with Crippen molar-refractivity contribution in [2.45, 2.75) is 12.1 Å². The van der Waals surface area contributed by atoms with Gasteiger partial charge in [-0.15, -0.1) is 0 Å². The summed E-state index contributed by atoms with van der Waals surface area (Å²) in [4.78, 5) is 3.89. The van der Waals surface area contributed by atoms with Crippen molar-refractivity contribution in [1.29, 1.82) is 0 Å². The molecule has 1 aromatic heterocycles. The van der Waals surface area contributed by atoms with E-state index in [1.165, 1.54) is 6.33 Å². The van der Waals surface area contributed by atoms with Gasteiger partial charge in [0.05, 0.1) is 6.54 Å². The van der Waals surface area contributed by atoms with Crippen LogP contribution >= 0.6 is 35.0 Å². The van der Waals surface area contributed by atoms with Crippen molar-refractivity contribution in [3.05, 3.63) is 46.5 Å². The second kappa shape index (κ2) is 7.47. The van der Waals surface area contributed by atoms with E-state index in [2.05, 4.69) is 10.1 Å². The summed E-state index contributed by atoms with van der Waals surface area (Å²) in [6.07, 6.45) is 2.99. The Labute approximate surface area is 137 Å². The van der Waals surface area contributed by atoms with Crippen LogP contribution in [0, 0.1) is 0 Å². The number of aromatic nitrogens is 3. The summed E-state index contributed by atoms with van der Waals surface area (Å²) in [5.74, 6) is 1.20. The summed E-state index contributed by atoms with van der Waals surface area (Å²) < 4.78 is 1.58. The number of hydrogen-bond acceptors (Lipinski definition) is 5. The van der Waals surface area contributed by atoms with E-state index in [1.807, 2.05) is 0 Å². The standard InChI is InChI=1S/C13H16Cl2N4OS/c14-10-1-2-11(12(15)5-10)13(20,7-21-4-3-16)6-19-9-17-8-18-19/h1-2,5,8-9,20H,3-4,6-7,16H2. The second-order valence-corrected chi connectivity index (χ2v) is 6.54. The maximum Gasteiger partial charge on any atom is 0.137 e. The van der Waals surface area contributed by atoms with Gasteiger partial charge in [0.1, 0.15) is 18.3 Å². The van der Waals surface area contributed by atoms with E-state index in [-0.39, 0.29) is 6.54 Å². The first-order valence-electron chi connectivity index (χ1n) is 6.33. The molecular formula is C13H16Cl2N4OS. The normalized spacial score (nSPS) is 14.1. The Balaban J connectivity index is 2.29. The van der Waals surface area contributed by atoms with Crippen LogP contribution in [-0.2, 0) is 12.1 Å². The minimum Gasteiger partial charge on any atom is -0.382 e. The van der Waals surface area contributed by atoms with E-state index in [4.69, 9.17) is 28.9 Å². The average molecular weight is 347 g/mol. The topological polar surface area (TPSA) is 77.0 Å². The van der Waals surface area contributed by atoms with Gasteiger partial charge in [-0.25, -0.2) is 9.67 Å². The van der Waals surface area contributed by atoms with Crippen molar-refractivity contribution in [1.82, 2.24) is 14.8 Å². The lowest BCUT2D eigenvalue weighted by atomic mass is 9.95. The van der Waals surface area contributed by atoms with Crippen molar-refractivity contribution in [2.75, 3.05) is 18.1 Å². The zero-order valence-electron chi connectivity index (χ0n) is 11.2. The summed E-state index contributed by atoms with van der Waals surface area (Å²) in [6.45, 7) is 0.810. The Morgan fingerprint density at radius 2 is 2.19 bits per heavy atom. The lowest BCUT2D eigenvalue weighted by molar-refractivity contribution is 0.0398. The van der Waals surface area contributed by atoms with Crippen molar-refractivity contribution >= 4 is 35.0 Å². The van der Waals surface area contributed by atoms with Gasteiger partial charge in [0.15, 0.2) is 0 Å². The number of halogens is 2. The minimum absolute atomic E-state index is 0.256. The number of rotatable bonds is 7. The molecule has 1 atom stereocenters. The van der Waals surface area contributed by atoms with E-state index in [1.54, 1.807) is 41.0 Å². The minimum atomic E-state index is -1.17. The molecule has 21 heavy (non-hydrogen) atoms. The van der Waals surface area contributed by atoms with Crippen molar-refractivity contribution in [2.24, 2.45) is 5.73 Å². The molecule has 1 heterocycles. The molecule has 1 unspecified atom stereocenters. The number of nitrogens with two attached hydrogens (primary N) is 1. The fourth-order valence-corrected chi connectivity index (χ4v) is 3.46. The first kappa shape index (κ1) is 16.6. The predicted octanol–water partition coefficient (Wildman–Crippen LogP) is 2.16. The Bertz CT molecular complexity index is 582. The summed E-state index contributed by atoms with van der Waals surface area (Å²) in [6, 6.07) is 5.08. The molecule has 0 amide bonds. The number of aliphatic hydroxyl groups is 1. The Morgan fingerprint density at radius 1 is 1.38 bits per heavy atom. The van der Waals surface area contributed by atoms with Crippen LogP contribution < -0.4 is 5.73 Å². The van der Waals surface area contributed by atoms with Crippen LogP contribution in [0.5, 0.6) is 0 Å². The summed E-state index contributed by atoms with van der Waals surface area (Å²) in [5, 5.41) is 16.1. The van der Waals surface area contributed by atoms with Gasteiger partial charge >= 0.3 is 0 Å². The summed E-state index contributed by atoms with van der Waals surface area (Å²) in [5.41, 5.74) is 4.96. The van der Waals surface area contributed by atoms with Gasteiger partial charge in [0, 0.05) is 33.7 Å². The Hall–Kier alpha value is -0.790. The highest BCUT2D eigenvalue weighted by molar-refractivity contribution is 7.99. The molecular weight excluding hydrogens is 331 g/mol. The second-order valence-electron chi connectivity index (χ2n) is 4.59. The van der Waals surface area contributed by atoms with Crippen LogP contribution in [0.3, 0.4) is 0 Å². The molecule has 1 aromatic carbocycles. The van der Waals surface area contributed by atoms with Gasteiger partial charge in [-0.05, 0) is 12.1 Å². The monoisotopic (exact) mass is 346 g/mol. The molecule has 8 heteroatoms. The fraction of sp³-hybridized carbons (Fsp3) is 0.385. The fourth-order valence-electron chi connectivity index (χ4n) is 1.98. The molecule has 0 spiro atoms. The molecule has 0 aliphatic heterocycles. The molecule has 0 saturated carbocycles. The summed E-state index contributed by atoms with van der Waals surface area (Å²) in [7, 11) is 0. The average Bonchev–Trinajstić information content (AvgIpc) is 2.91. The first-order valence-corrected chi connectivity index (χ1v) is 8.24. The molecule has 2 aromatic rings. The van der Waals surface area contributed by atoms with Crippen LogP contribution in [0.4, 0.5) is 0 Å². The largest absolute Gasteiger partial charge is 0.382 e. The maximum absolute atomic E-state index is 11.1. The maximum atomic E-state index is 11.1. The molecule has 5 nitrogen and oxygen atoms in total. The van der Waals surface area contributed by atoms with Crippen molar-refractivity contribution in [3.63, 3.8) is 0 Å². The number of benzene rings is 1. The highest BCUT2D eigenvalue weighted by atomic mass is 35.5. The van der Waals surface area contributed by atoms with Gasteiger partial charge in [-0.2, -0.15) is 16.9 Å². The molecule has 0 saturated heterocycles. The summed E-state index contributed by atoms with van der Waals surface area (Å²) >= 11 is 13.7. The Morgan fingerprint density at radius 3 is 2.81 bits per heavy atom. The van der Waals surface area contributed by atoms with Gasteiger partial charge in [0.2, 0.25) is 0 Å². The number of hydrogen-bond donors (Lipinski definition) is 2. The van der Waals surface area contributed by atoms with E-state index >= 15 is 0 Å². The van der Waals surface area contributed by atoms with Crippen LogP contribution in [-0.4, -0.2) is 37.9 Å². The third kappa shape index (κ3) is 4.34. The van der Waals surface area contributed by atoms with E-state index in [0.29, 0.717) is 27.9 Å². The molecule has 0 aliphatic rings. The highest BCUT2D eigenvalue weighted by Gasteiger charge is 2.32. The van der Waals surface area contributed by atoms with Crippen LogP contribution in [0.2, 0.25) is 10.0 Å². The molecule has 0 aliphatic carbocycles. The Kier molecular flexibility index (Phi) is 5.89. The zero-order chi connectivity index (χ0) is 15.3. The highest BCUT2D eigenvalue weighted by Crippen LogP contribution is 2.34.